The average Bonchev–Trinajstić information content (AvgIpc) is 3.16. The monoisotopic (exact) mass is 453 g/mol. The SMILES string of the molecule is C=C[C@](COC(=O)C(C)C)(OC)[C@@H](OC(=O)C(C)C)[C@@H](F)n1cnc2c(=O)[nH]c(N)nc21. The van der Waals surface area contributed by atoms with E-state index in [4.69, 9.17) is 19.9 Å². The number of anilines is 1. The summed E-state index contributed by atoms with van der Waals surface area (Å²) in [7, 11) is 1.24. The molecule has 11 nitrogen and oxygen atoms in total. The van der Waals surface area contributed by atoms with Gasteiger partial charge in [-0.3, -0.25) is 23.9 Å². The van der Waals surface area contributed by atoms with Crippen molar-refractivity contribution in [3.8, 4) is 0 Å². The molecule has 0 saturated carbocycles. The first-order valence-electron chi connectivity index (χ1n) is 9.89. The van der Waals surface area contributed by atoms with Crippen LogP contribution in [0.2, 0.25) is 0 Å². The summed E-state index contributed by atoms with van der Waals surface area (Å²) in [5.41, 5.74) is 2.82. The fourth-order valence-electron chi connectivity index (χ4n) is 2.79. The van der Waals surface area contributed by atoms with Crippen molar-refractivity contribution >= 4 is 29.1 Å². The number of nitrogens with zero attached hydrogens (tertiary/aromatic N) is 3. The quantitative estimate of drug-likeness (QED) is 0.403. The van der Waals surface area contributed by atoms with Gasteiger partial charge in [-0.2, -0.15) is 4.98 Å². The number of aromatic nitrogens is 4. The van der Waals surface area contributed by atoms with Gasteiger partial charge >= 0.3 is 11.9 Å². The summed E-state index contributed by atoms with van der Waals surface area (Å²) in [5, 5.41) is 0. The number of fused-ring (bicyclic) bond motifs is 1. The van der Waals surface area contributed by atoms with Crippen LogP contribution in [0, 0.1) is 11.8 Å². The first-order chi connectivity index (χ1) is 15.0. The van der Waals surface area contributed by atoms with Crippen LogP contribution < -0.4 is 11.3 Å². The fraction of sp³-hybridized carbons (Fsp3) is 0.550. The van der Waals surface area contributed by atoms with E-state index in [1.54, 1.807) is 27.7 Å². The highest BCUT2D eigenvalue weighted by Gasteiger charge is 2.48. The number of nitrogens with one attached hydrogen (secondary N) is 1. The van der Waals surface area contributed by atoms with E-state index in [2.05, 4.69) is 21.5 Å². The number of hydrogen-bond acceptors (Lipinski definition) is 9. The van der Waals surface area contributed by atoms with Gasteiger partial charge in [0.15, 0.2) is 22.9 Å². The van der Waals surface area contributed by atoms with E-state index in [1.807, 2.05) is 0 Å². The number of H-pyrrole nitrogens is 1. The lowest BCUT2D eigenvalue weighted by Crippen LogP contribution is -2.52. The summed E-state index contributed by atoms with van der Waals surface area (Å²) in [6.07, 6.45) is -1.62. The Hall–Kier alpha value is -3.28. The van der Waals surface area contributed by atoms with Crippen LogP contribution in [-0.4, -0.2) is 56.9 Å². The van der Waals surface area contributed by atoms with Gasteiger partial charge in [-0.1, -0.05) is 40.3 Å². The van der Waals surface area contributed by atoms with Crippen LogP contribution >= 0.6 is 0 Å². The van der Waals surface area contributed by atoms with Crippen LogP contribution in [-0.2, 0) is 23.8 Å². The Labute approximate surface area is 183 Å². The summed E-state index contributed by atoms with van der Waals surface area (Å²) in [4.78, 5) is 46.6. The van der Waals surface area contributed by atoms with Crippen molar-refractivity contribution in [1.82, 2.24) is 19.5 Å². The molecule has 12 heteroatoms. The van der Waals surface area contributed by atoms with E-state index in [1.165, 1.54) is 13.2 Å². The Balaban J connectivity index is 2.58. The number of carbonyl (C=O) groups is 2. The largest absolute Gasteiger partial charge is 0.462 e. The highest BCUT2D eigenvalue weighted by atomic mass is 19.1. The molecule has 3 atom stereocenters. The lowest BCUT2D eigenvalue weighted by Gasteiger charge is -2.38. The van der Waals surface area contributed by atoms with Crippen molar-refractivity contribution in [1.29, 1.82) is 0 Å². The van der Waals surface area contributed by atoms with Gasteiger partial charge < -0.3 is 19.9 Å². The molecule has 0 saturated heterocycles. The molecule has 0 bridgehead atoms. The standard InChI is InChI=1S/C20H28FN5O6/c1-7-20(30-6,8-31-17(28)10(2)3)13(32-18(29)11(4)5)14(21)26-9-23-12-15(26)24-19(22)25-16(12)27/h7,9-11,13-14H,1,8H2,2-6H3,(H3,22,24,25,27)/t13-,14-,20+/m0/s1. The molecule has 0 aliphatic heterocycles. The van der Waals surface area contributed by atoms with Crippen LogP contribution in [0.1, 0.15) is 34.0 Å². The van der Waals surface area contributed by atoms with E-state index < -0.39 is 53.9 Å². The van der Waals surface area contributed by atoms with E-state index in [9.17, 15) is 14.4 Å². The van der Waals surface area contributed by atoms with Crippen LogP contribution in [0.5, 0.6) is 0 Å². The van der Waals surface area contributed by atoms with Crippen LogP contribution in [0.4, 0.5) is 10.3 Å². The molecular formula is C20H28FN5O6. The Kier molecular flexibility index (Phi) is 7.73. The maximum Gasteiger partial charge on any atom is 0.308 e. The van der Waals surface area contributed by atoms with Crippen molar-refractivity contribution in [3.63, 3.8) is 0 Å². The number of ether oxygens (including phenoxy) is 3. The Morgan fingerprint density at radius 2 is 1.94 bits per heavy atom. The zero-order valence-electron chi connectivity index (χ0n) is 18.6. The van der Waals surface area contributed by atoms with Gasteiger partial charge in [-0.15, -0.1) is 0 Å². The van der Waals surface area contributed by atoms with Crippen molar-refractivity contribution < 1.29 is 28.2 Å². The predicted octanol–water partition coefficient (Wildman–Crippen LogP) is 1.51. The number of methoxy groups -OCH3 is 1. The summed E-state index contributed by atoms with van der Waals surface area (Å²) < 4.78 is 33.1. The molecule has 2 rings (SSSR count). The molecule has 2 aromatic heterocycles. The highest BCUT2D eigenvalue weighted by Crippen LogP contribution is 2.33. The molecule has 0 spiro atoms. The third kappa shape index (κ3) is 4.96. The zero-order chi connectivity index (χ0) is 24.2. The molecule has 2 heterocycles. The van der Waals surface area contributed by atoms with Crippen LogP contribution in [0.25, 0.3) is 11.2 Å². The molecule has 0 unspecified atom stereocenters. The molecule has 0 aromatic carbocycles. The van der Waals surface area contributed by atoms with Crippen molar-refractivity contribution in [2.45, 2.75) is 45.7 Å². The van der Waals surface area contributed by atoms with E-state index in [0.717, 1.165) is 10.9 Å². The number of halogens is 1. The van der Waals surface area contributed by atoms with Gasteiger partial charge in [0, 0.05) is 7.11 Å². The lowest BCUT2D eigenvalue weighted by atomic mass is 9.95. The van der Waals surface area contributed by atoms with Gasteiger partial charge in [0.1, 0.15) is 6.61 Å². The summed E-state index contributed by atoms with van der Waals surface area (Å²) >= 11 is 0. The second kappa shape index (κ2) is 9.90. The number of rotatable bonds is 10. The molecule has 176 valence electrons. The topological polar surface area (TPSA) is 151 Å². The third-order valence-electron chi connectivity index (χ3n) is 4.80. The van der Waals surface area contributed by atoms with Gasteiger partial charge in [-0.05, 0) is 0 Å². The number of nitrogens with two attached hydrogens (primary N) is 1. The number of hydrogen-bond donors (Lipinski definition) is 2. The molecule has 0 aliphatic carbocycles. The van der Waals surface area contributed by atoms with Crippen molar-refractivity contribution in [2.75, 3.05) is 19.5 Å². The van der Waals surface area contributed by atoms with Gasteiger partial charge in [0.25, 0.3) is 5.56 Å². The fourth-order valence-corrected chi connectivity index (χ4v) is 2.79. The first-order valence-corrected chi connectivity index (χ1v) is 9.89. The molecule has 0 fully saturated rings. The second-order valence-electron chi connectivity index (χ2n) is 7.79. The smallest absolute Gasteiger partial charge is 0.308 e. The Morgan fingerprint density at radius 1 is 1.31 bits per heavy atom. The third-order valence-corrected chi connectivity index (χ3v) is 4.80. The Morgan fingerprint density at radius 3 is 2.47 bits per heavy atom. The summed E-state index contributed by atoms with van der Waals surface area (Å²) in [6, 6.07) is 0. The number of carbonyl (C=O) groups excluding carboxylic acids is 2. The van der Waals surface area contributed by atoms with Gasteiger partial charge in [-0.25, -0.2) is 9.37 Å². The molecule has 32 heavy (non-hydrogen) atoms. The molecule has 2 aromatic rings. The number of alkyl halides is 1. The molecular weight excluding hydrogens is 425 g/mol. The van der Waals surface area contributed by atoms with Crippen LogP contribution in [0.15, 0.2) is 23.8 Å². The van der Waals surface area contributed by atoms with Crippen LogP contribution in [0.3, 0.4) is 0 Å². The Bertz CT molecular complexity index is 1050. The van der Waals surface area contributed by atoms with Gasteiger partial charge in [0.2, 0.25) is 12.2 Å². The maximum absolute atomic E-state index is 16.0. The number of esters is 2. The first kappa shape index (κ1) is 25.0. The minimum atomic E-state index is -2.16. The van der Waals surface area contributed by atoms with Gasteiger partial charge in [0.05, 0.1) is 18.2 Å². The molecule has 0 aliphatic rings. The molecule has 3 N–H and O–H groups in total. The average molecular weight is 453 g/mol. The molecule has 0 amide bonds. The van der Waals surface area contributed by atoms with E-state index in [0.29, 0.717) is 0 Å². The lowest BCUT2D eigenvalue weighted by molar-refractivity contribution is -0.192. The van der Waals surface area contributed by atoms with E-state index in [-0.39, 0.29) is 17.1 Å². The zero-order valence-corrected chi connectivity index (χ0v) is 18.6. The number of imidazole rings is 1. The highest BCUT2D eigenvalue weighted by molar-refractivity contribution is 5.73. The summed E-state index contributed by atoms with van der Waals surface area (Å²) in [6.45, 7) is 9.58. The molecule has 0 radical (unpaired) electrons. The van der Waals surface area contributed by atoms with E-state index >= 15 is 4.39 Å². The second-order valence-corrected chi connectivity index (χ2v) is 7.79. The number of nitrogen functional groups attached to an aromatic ring is 1. The minimum Gasteiger partial charge on any atom is -0.462 e. The minimum absolute atomic E-state index is 0.163. The van der Waals surface area contributed by atoms with Crippen molar-refractivity contribution in [2.24, 2.45) is 11.8 Å². The normalized spacial score (nSPS) is 15.4. The van der Waals surface area contributed by atoms with Crippen molar-refractivity contribution in [3.05, 3.63) is 29.3 Å². The summed E-state index contributed by atoms with van der Waals surface area (Å²) in [5.74, 6) is -2.60. The predicted molar refractivity (Wildman–Crippen MR) is 113 cm³/mol. The number of aromatic amines is 1. The maximum atomic E-state index is 16.0.